The highest BCUT2D eigenvalue weighted by Crippen LogP contribution is 2.19. The van der Waals surface area contributed by atoms with Crippen molar-refractivity contribution in [3.63, 3.8) is 0 Å². The number of rotatable bonds is 3. The van der Waals surface area contributed by atoms with Crippen LogP contribution in [0.1, 0.15) is 12.8 Å². The third kappa shape index (κ3) is 4.05. The molecule has 0 N–H and O–H groups in total. The van der Waals surface area contributed by atoms with Gasteiger partial charge >= 0.3 is 12.0 Å². The van der Waals surface area contributed by atoms with Crippen molar-refractivity contribution in [3.05, 3.63) is 12.3 Å². The molecule has 3 heterocycles. The summed E-state index contributed by atoms with van der Waals surface area (Å²) in [5.74, 6) is 0.519. The van der Waals surface area contributed by atoms with Gasteiger partial charge in [0, 0.05) is 64.4 Å². The van der Waals surface area contributed by atoms with Gasteiger partial charge in [0.05, 0.1) is 7.11 Å². The summed E-state index contributed by atoms with van der Waals surface area (Å²) in [6.07, 6.45) is 3.31. The van der Waals surface area contributed by atoms with Gasteiger partial charge in [-0.05, 0) is 7.05 Å². The number of methoxy groups -OCH3 is 1. The van der Waals surface area contributed by atoms with E-state index in [1.807, 2.05) is 9.80 Å². The van der Waals surface area contributed by atoms with Crippen molar-refractivity contribution in [2.45, 2.75) is 18.9 Å². The molecule has 0 spiro atoms. The Kier molecular flexibility index (Phi) is 5.34. The van der Waals surface area contributed by atoms with Gasteiger partial charge in [-0.15, -0.1) is 0 Å². The Morgan fingerprint density at radius 2 is 1.79 bits per heavy atom. The molecule has 2 aliphatic heterocycles. The minimum absolute atomic E-state index is 0.0705. The van der Waals surface area contributed by atoms with Gasteiger partial charge in [-0.2, -0.15) is 4.98 Å². The summed E-state index contributed by atoms with van der Waals surface area (Å²) in [6.45, 7) is 4.96. The summed E-state index contributed by atoms with van der Waals surface area (Å²) < 4.78 is 10.9. The minimum atomic E-state index is 0.0705. The molecule has 2 saturated heterocycles. The molecule has 2 aliphatic rings. The molecule has 0 radical (unpaired) electrons. The maximum absolute atomic E-state index is 12.6. The Balaban J connectivity index is 1.47. The first-order chi connectivity index (χ1) is 11.7. The van der Waals surface area contributed by atoms with Crippen LogP contribution in [0, 0.1) is 0 Å². The number of aromatic nitrogens is 2. The van der Waals surface area contributed by atoms with Crippen LogP contribution in [-0.2, 0) is 0 Å². The van der Waals surface area contributed by atoms with E-state index in [2.05, 4.69) is 21.9 Å². The summed E-state index contributed by atoms with van der Waals surface area (Å²) in [5.41, 5.74) is 0. The molecule has 1 aromatic heterocycles. The molecule has 2 fully saturated rings. The van der Waals surface area contributed by atoms with Gasteiger partial charge in [0.2, 0.25) is 5.88 Å². The molecule has 24 heavy (non-hydrogen) atoms. The fourth-order valence-corrected chi connectivity index (χ4v) is 3.02. The highest BCUT2D eigenvalue weighted by molar-refractivity contribution is 5.74. The van der Waals surface area contributed by atoms with E-state index in [0.717, 1.165) is 52.1 Å². The van der Waals surface area contributed by atoms with Gasteiger partial charge < -0.3 is 24.2 Å². The molecule has 8 nitrogen and oxygen atoms in total. The van der Waals surface area contributed by atoms with E-state index in [0.29, 0.717) is 11.9 Å². The zero-order valence-corrected chi connectivity index (χ0v) is 14.3. The van der Waals surface area contributed by atoms with Crippen LogP contribution in [0.5, 0.6) is 11.9 Å². The molecule has 0 saturated carbocycles. The second-order valence-corrected chi connectivity index (χ2v) is 6.26. The lowest BCUT2D eigenvalue weighted by Crippen LogP contribution is -2.54. The standard InChI is InChI=1S/C16H25N5O3/c1-19-9-11-21(12-10-19)16(22)20-7-4-13(5-8-20)24-14-3-6-17-15(18-14)23-2/h3,6,13H,4-5,7-12H2,1-2H3. The lowest BCUT2D eigenvalue weighted by Gasteiger charge is -2.38. The number of piperazine rings is 1. The van der Waals surface area contributed by atoms with Crippen LogP contribution in [-0.4, -0.2) is 90.2 Å². The largest absolute Gasteiger partial charge is 0.474 e. The Bertz CT molecular complexity index is 554. The van der Waals surface area contributed by atoms with Crippen LogP contribution in [0.3, 0.4) is 0 Å². The van der Waals surface area contributed by atoms with Crippen molar-refractivity contribution < 1.29 is 14.3 Å². The Hall–Kier alpha value is -2.09. The summed E-state index contributed by atoms with van der Waals surface area (Å²) in [6, 6.07) is 2.19. The maximum atomic E-state index is 12.6. The Morgan fingerprint density at radius 1 is 1.12 bits per heavy atom. The second-order valence-electron chi connectivity index (χ2n) is 6.26. The molecular formula is C16H25N5O3. The molecule has 0 unspecified atom stereocenters. The minimum Gasteiger partial charge on any atom is -0.474 e. The number of nitrogens with zero attached hydrogens (tertiary/aromatic N) is 5. The molecule has 0 atom stereocenters. The van der Waals surface area contributed by atoms with Gasteiger partial charge in [-0.3, -0.25) is 0 Å². The quantitative estimate of drug-likeness (QED) is 0.810. The summed E-state index contributed by atoms with van der Waals surface area (Å²) in [7, 11) is 3.62. The van der Waals surface area contributed by atoms with Crippen LogP contribution < -0.4 is 9.47 Å². The topological polar surface area (TPSA) is 71.0 Å². The zero-order valence-electron chi connectivity index (χ0n) is 14.3. The molecule has 2 amide bonds. The molecule has 1 aromatic rings. The molecule has 132 valence electrons. The van der Waals surface area contributed by atoms with E-state index in [4.69, 9.17) is 9.47 Å². The van der Waals surface area contributed by atoms with Crippen LogP contribution in [0.4, 0.5) is 4.79 Å². The lowest BCUT2D eigenvalue weighted by molar-refractivity contribution is 0.0818. The first-order valence-corrected chi connectivity index (χ1v) is 8.42. The highest BCUT2D eigenvalue weighted by atomic mass is 16.5. The summed E-state index contributed by atoms with van der Waals surface area (Å²) in [5, 5.41) is 0. The van der Waals surface area contributed by atoms with Crippen molar-refractivity contribution in [1.82, 2.24) is 24.7 Å². The van der Waals surface area contributed by atoms with Gasteiger partial charge in [0.15, 0.2) is 0 Å². The molecule has 8 heteroatoms. The lowest BCUT2D eigenvalue weighted by atomic mass is 10.1. The van der Waals surface area contributed by atoms with Crippen molar-refractivity contribution >= 4 is 6.03 Å². The molecular weight excluding hydrogens is 310 g/mol. The van der Waals surface area contributed by atoms with E-state index in [9.17, 15) is 4.79 Å². The van der Waals surface area contributed by atoms with Crippen molar-refractivity contribution in [1.29, 1.82) is 0 Å². The van der Waals surface area contributed by atoms with Crippen LogP contribution in [0.25, 0.3) is 0 Å². The summed E-state index contributed by atoms with van der Waals surface area (Å²) >= 11 is 0. The number of carbonyl (C=O) groups excluding carboxylic acids is 1. The third-order valence-corrected chi connectivity index (χ3v) is 4.56. The number of carbonyl (C=O) groups is 1. The second kappa shape index (κ2) is 7.65. The molecule has 0 aliphatic carbocycles. The van der Waals surface area contributed by atoms with Gasteiger partial charge in [-0.1, -0.05) is 0 Å². The average Bonchev–Trinajstić information content (AvgIpc) is 2.62. The third-order valence-electron chi connectivity index (χ3n) is 4.56. The summed E-state index contributed by atoms with van der Waals surface area (Å²) in [4.78, 5) is 26.8. The number of piperidine rings is 1. The van der Waals surface area contributed by atoms with E-state index in [1.165, 1.54) is 7.11 Å². The molecule has 3 rings (SSSR count). The Morgan fingerprint density at radius 3 is 2.46 bits per heavy atom. The predicted molar refractivity (Wildman–Crippen MR) is 88.3 cm³/mol. The van der Waals surface area contributed by atoms with Crippen LogP contribution >= 0.6 is 0 Å². The van der Waals surface area contributed by atoms with Gasteiger partial charge in [0.25, 0.3) is 0 Å². The van der Waals surface area contributed by atoms with E-state index in [1.54, 1.807) is 12.3 Å². The monoisotopic (exact) mass is 335 g/mol. The SMILES string of the molecule is COc1nccc(OC2CCN(C(=O)N3CCN(C)CC3)CC2)n1. The highest BCUT2D eigenvalue weighted by Gasteiger charge is 2.28. The number of likely N-dealkylation sites (tertiary alicyclic amines) is 1. The number of likely N-dealkylation sites (N-methyl/N-ethyl adjacent to an activating group) is 1. The number of amides is 2. The molecule has 0 aromatic carbocycles. The van der Waals surface area contributed by atoms with Crippen molar-refractivity contribution in [2.24, 2.45) is 0 Å². The van der Waals surface area contributed by atoms with E-state index < -0.39 is 0 Å². The van der Waals surface area contributed by atoms with Crippen molar-refractivity contribution in [2.75, 3.05) is 53.4 Å². The predicted octanol–water partition coefficient (Wildman–Crippen LogP) is 0.696. The van der Waals surface area contributed by atoms with Crippen LogP contribution in [0.2, 0.25) is 0 Å². The average molecular weight is 335 g/mol. The number of hydrogen-bond donors (Lipinski definition) is 0. The van der Waals surface area contributed by atoms with E-state index in [-0.39, 0.29) is 12.1 Å². The van der Waals surface area contributed by atoms with Gasteiger partial charge in [0.1, 0.15) is 6.10 Å². The number of hydrogen-bond acceptors (Lipinski definition) is 6. The van der Waals surface area contributed by atoms with E-state index >= 15 is 0 Å². The van der Waals surface area contributed by atoms with Crippen molar-refractivity contribution in [3.8, 4) is 11.9 Å². The fraction of sp³-hybridized carbons (Fsp3) is 0.688. The first kappa shape index (κ1) is 16.8. The number of urea groups is 1. The Labute approximate surface area is 142 Å². The molecule has 0 bridgehead atoms. The maximum Gasteiger partial charge on any atom is 0.320 e. The fourth-order valence-electron chi connectivity index (χ4n) is 3.02. The first-order valence-electron chi connectivity index (χ1n) is 8.42. The zero-order chi connectivity index (χ0) is 16.9. The normalized spacial score (nSPS) is 20.1. The number of ether oxygens (including phenoxy) is 2. The van der Waals surface area contributed by atoms with Crippen LogP contribution in [0.15, 0.2) is 12.3 Å². The smallest absolute Gasteiger partial charge is 0.320 e. The van der Waals surface area contributed by atoms with Gasteiger partial charge in [-0.25, -0.2) is 9.78 Å².